The van der Waals surface area contributed by atoms with Gasteiger partial charge in [-0.05, 0) is 59.8 Å². The Hall–Kier alpha value is -3.68. The van der Waals surface area contributed by atoms with Gasteiger partial charge < -0.3 is 10.0 Å². The van der Waals surface area contributed by atoms with Gasteiger partial charge in [-0.2, -0.15) is 35.9 Å². The zero-order chi connectivity index (χ0) is 28.2. The van der Waals surface area contributed by atoms with Crippen molar-refractivity contribution in [3.05, 3.63) is 127 Å². The molecule has 4 heteroatoms. The number of unbranched alkanes of at least 4 members (excludes halogenated alkanes) is 2. The molecule has 0 saturated heterocycles. The molecular weight excluding hydrogens is 696 g/mol. The van der Waals surface area contributed by atoms with Crippen molar-refractivity contribution < 1.29 is 26.2 Å². The van der Waals surface area contributed by atoms with Gasteiger partial charge >= 0.3 is 21.1 Å². The maximum Gasteiger partial charge on any atom is 2.00 e. The molecule has 1 N–H and O–H groups in total. The van der Waals surface area contributed by atoms with Crippen LogP contribution < -0.4 is 4.90 Å². The zero-order valence-electron chi connectivity index (χ0n) is 24.2. The Balaban J connectivity index is 0.00000353. The number of benzene rings is 4. The SMILES string of the molecule is CCCCC1(CCCC)c2ccc(-c3[c-]c(N(c4ccccc4)c4ccccn4)ccc3)[c-]c2-c2c(O)cccc21.[Pt+2]. The van der Waals surface area contributed by atoms with Gasteiger partial charge in [-0.25, -0.2) is 10.5 Å². The van der Waals surface area contributed by atoms with E-state index in [4.69, 9.17) is 0 Å². The minimum atomic E-state index is -0.0842. The average molecular weight is 732 g/mol. The molecule has 1 aromatic heterocycles. The first-order valence-corrected chi connectivity index (χ1v) is 14.8. The molecular formula is C38H36N2OPt. The summed E-state index contributed by atoms with van der Waals surface area (Å²) < 4.78 is 0. The van der Waals surface area contributed by atoms with E-state index in [0.29, 0.717) is 5.75 Å². The van der Waals surface area contributed by atoms with Crippen molar-refractivity contribution in [2.24, 2.45) is 0 Å². The minimum Gasteiger partial charge on any atom is -0.515 e. The summed E-state index contributed by atoms with van der Waals surface area (Å²) in [6.07, 6.45) is 8.58. The Bertz CT molecular complexity index is 1590. The van der Waals surface area contributed by atoms with Crippen LogP contribution in [0.25, 0.3) is 22.3 Å². The quantitative estimate of drug-likeness (QED) is 0.145. The van der Waals surface area contributed by atoms with Gasteiger partial charge in [-0.3, -0.25) is 0 Å². The number of para-hydroxylation sites is 1. The third-order valence-electron chi connectivity index (χ3n) is 8.39. The molecule has 0 radical (unpaired) electrons. The first-order chi connectivity index (χ1) is 20.2. The molecule has 0 saturated carbocycles. The minimum absolute atomic E-state index is 0. The van der Waals surface area contributed by atoms with Gasteiger partial charge in [0.05, 0.1) is 5.75 Å². The number of hydrogen-bond donors (Lipinski definition) is 1. The van der Waals surface area contributed by atoms with Crippen molar-refractivity contribution in [1.29, 1.82) is 0 Å². The molecule has 1 heterocycles. The topological polar surface area (TPSA) is 36.4 Å². The van der Waals surface area contributed by atoms with Gasteiger partial charge in [0.25, 0.3) is 0 Å². The smallest absolute Gasteiger partial charge is 0.515 e. The summed E-state index contributed by atoms with van der Waals surface area (Å²) in [5, 5.41) is 11.2. The van der Waals surface area contributed by atoms with E-state index in [1.54, 1.807) is 0 Å². The van der Waals surface area contributed by atoms with Crippen LogP contribution in [0.4, 0.5) is 17.2 Å². The Morgan fingerprint density at radius 3 is 2.14 bits per heavy atom. The third-order valence-corrected chi connectivity index (χ3v) is 8.39. The van der Waals surface area contributed by atoms with Crippen molar-refractivity contribution in [2.75, 3.05) is 4.90 Å². The molecule has 3 nitrogen and oxygen atoms in total. The molecule has 5 aromatic rings. The average Bonchev–Trinajstić information content (AvgIpc) is 3.30. The predicted octanol–water partition coefficient (Wildman–Crippen LogP) is 10.2. The van der Waals surface area contributed by atoms with Crippen LogP contribution in [-0.2, 0) is 26.5 Å². The molecule has 0 unspecified atom stereocenters. The molecule has 4 aromatic carbocycles. The summed E-state index contributed by atoms with van der Waals surface area (Å²) in [7, 11) is 0. The Morgan fingerprint density at radius 1 is 0.714 bits per heavy atom. The molecule has 1 aliphatic rings. The van der Waals surface area contributed by atoms with Crippen LogP contribution in [0.2, 0.25) is 0 Å². The van der Waals surface area contributed by atoms with Crippen molar-refractivity contribution >= 4 is 17.2 Å². The number of anilines is 3. The van der Waals surface area contributed by atoms with Gasteiger partial charge in [0.1, 0.15) is 5.82 Å². The van der Waals surface area contributed by atoms with E-state index in [9.17, 15) is 5.11 Å². The second-order valence-electron chi connectivity index (χ2n) is 11.0. The van der Waals surface area contributed by atoms with Crippen LogP contribution in [0.5, 0.6) is 5.75 Å². The molecule has 1 aliphatic carbocycles. The van der Waals surface area contributed by atoms with Crippen molar-refractivity contribution in [3.8, 4) is 28.0 Å². The Labute approximate surface area is 264 Å². The first-order valence-electron chi connectivity index (χ1n) is 14.8. The molecule has 42 heavy (non-hydrogen) atoms. The maximum atomic E-state index is 11.2. The van der Waals surface area contributed by atoms with Crippen LogP contribution in [0, 0.1) is 12.1 Å². The Kier molecular flexibility index (Phi) is 9.29. The molecule has 0 aliphatic heterocycles. The van der Waals surface area contributed by atoms with Crippen molar-refractivity contribution in [2.45, 2.75) is 57.8 Å². The van der Waals surface area contributed by atoms with Gasteiger partial charge in [0.2, 0.25) is 0 Å². The summed E-state index contributed by atoms with van der Waals surface area (Å²) >= 11 is 0. The third kappa shape index (κ3) is 5.43. The van der Waals surface area contributed by atoms with E-state index in [1.165, 1.54) is 11.1 Å². The maximum absolute atomic E-state index is 11.2. The Morgan fingerprint density at radius 2 is 1.43 bits per heavy atom. The number of aromatic nitrogens is 1. The summed E-state index contributed by atoms with van der Waals surface area (Å²) in [6.45, 7) is 4.52. The number of hydrogen-bond acceptors (Lipinski definition) is 3. The predicted molar refractivity (Wildman–Crippen MR) is 169 cm³/mol. The van der Waals surface area contributed by atoms with E-state index >= 15 is 0 Å². The van der Waals surface area contributed by atoms with Crippen molar-refractivity contribution in [1.82, 2.24) is 4.98 Å². The molecule has 0 atom stereocenters. The van der Waals surface area contributed by atoms with Crippen LogP contribution in [0.15, 0.2) is 103 Å². The number of pyridine rings is 1. The van der Waals surface area contributed by atoms with Gasteiger partial charge in [-0.1, -0.05) is 81.5 Å². The zero-order valence-corrected chi connectivity index (χ0v) is 26.5. The normalized spacial score (nSPS) is 12.7. The van der Waals surface area contributed by atoms with Gasteiger partial charge in [-0.15, -0.1) is 23.3 Å². The first kappa shape index (κ1) is 29.8. The van der Waals surface area contributed by atoms with E-state index in [1.807, 2.05) is 54.7 Å². The molecule has 0 fully saturated rings. The van der Waals surface area contributed by atoms with E-state index in [-0.39, 0.29) is 26.5 Å². The summed E-state index contributed by atoms with van der Waals surface area (Å²) in [6, 6.07) is 40.4. The molecule has 0 bridgehead atoms. The monoisotopic (exact) mass is 731 g/mol. The number of rotatable bonds is 10. The van der Waals surface area contributed by atoms with E-state index < -0.39 is 0 Å². The number of aromatic hydroxyl groups is 1. The van der Waals surface area contributed by atoms with E-state index in [2.05, 4.69) is 84.4 Å². The largest absolute Gasteiger partial charge is 2.00 e. The van der Waals surface area contributed by atoms with Crippen LogP contribution in [0.1, 0.15) is 63.5 Å². The van der Waals surface area contributed by atoms with Gasteiger partial charge in [0.15, 0.2) is 0 Å². The fourth-order valence-corrected chi connectivity index (χ4v) is 6.42. The molecule has 0 spiro atoms. The van der Waals surface area contributed by atoms with Crippen LogP contribution in [-0.4, -0.2) is 10.1 Å². The van der Waals surface area contributed by atoms with Gasteiger partial charge in [0, 0.05) is 11.9 Å². The summed E-state index contributed by atoms with van der Waals surface area (Å²) in [5.41, 5.74) is 8.31. The second-order valence-corrected chi connectivity index (χ2v) is 11.0. The number of phenolic OH excluding ortho intramolecular Hbond substituents is 1. The second kappa shape index (κ2) is 13.1. The number of phenols is 1. The molecule has 214 valence electrons. The summed E-state index contributed by atoms with van der Waals surface area (Å²) in [5.74, 6) is 1.18. The van der Waals surface area contributed by atoms with Crippen LogP contribution in [0.3, 0.4) is 0 Å². The van der Waals surface area contributed by atoms with E-state index in [0.717, 1.165) is 78.0 Å². The number of fused-ring (bicyclic) bond motifs is 3. The fraction of sp³-hybridized carbons (Fsp3) is 0.237. The number of nitrogens with zero attached hydrogens (tertiary/aromatic N) is 2. The molecule has 0 amide bonds. The fourth-order valence-electron chi connectivity index (χ4n) is 6.42. The standard InChI is InChI=1S/C38H36N2O.Pt/c1-3-5-23-38(24-6-4-2)33-22-21-29(27-32(33)37-34(38)18-13-19-35(37)41)28-14-12-17-31(26-28)40(30-15-8-7-9-16-30)36-20-10-11-25-39-36;/h7-22,25,41H,3-6,23-24H2,1-2H3;/q-2;+2. The van der Waals surface area contributed by atoms with Crippen LogP contribution >= 0.6 is 0 Å². The van der Waals surface area contributed by atoms with Crippen molar-refractivity contribution in [3.63, 3.8) is 0 Å². The summed E-state index contributed by atoms with van der Waals surface area (Å²) in [4.78, 5) is 6.77. The molecule has 6 rings (SSSR count).